The molecule has 0 bridgehead atoms. The minimum absolute atomic E-state index is 0.121. The fraction of sp³-hybridized carbons (Fsp3) is 0.267. The quantitative estimate of drug-likeness (QED) is 0.759. The predicted octanol–water partition coefficient (Wildman–Crippen LogP) is 1.88. The van der Waals surface area contributed by atoms with Crippen molar-refractivity contribution < 1.29 is 18.7 Å². The number of ether oxygens (including phenoxy) is 1. The average Bonchev–Trinajstić information content (AvgIpc) is 3.05. The summed E-state index contributed by atoms with van der Waals surface area (Å²) < 4.78 is 9.72. The lowest BCUT2D eigenvalue weighted by atomic mass is 10.2. The molecule has 0 saturated heterocycles. The van der Waals surface area contributed by atoms with Gasteiger partial charge in [0.15, 0.2) is 5.76 Å². The summed E-state index contributed by atoms with van der Waals surface area (Å²) in [5, 5.41) is 0. The number of pyridine rings is 1. The number of hydrogen-bond acceptors (Lipinski definition) is 5. The van der Waals surface area contributed by atoms with Crippen LogP contribution in [0.2, 0.25) is 0 Å². The summed E-state index contributed by atoms with van der Waals surface area (Å²) in [5.41, 5.74) is 0.738. The molecule has 6 heteroatoms. The molecule has 0 spiro atoms. The number of aromatic nitrogens is 1. The second-order valence-corrected chi connectivity index (χ2v) is 4.35. The van der Waals surface area contributed by atoms with E-state index in [0.717, 1.165) is 5.69 Å². The van der Waals surface area contributed by atoms with Gasteiger partial charge in [-0.3, -0.25) is 14.6 Å². The number of furan rings is 1. The molecule has 0 aliphatic rings. The lowest BCUT2D eigenvalue weighted by Gasteiger charge is -2.20. The Labute approximate surface area is 122 Å². The van der Waals surface area contributed by atoms with Crippen LogP contribution in [0.15, 0.2) is 47.2 Å². The zero-order chi connectivity index (χ0) is 15.1. The molecule has 2 aromatic rings. The van der Waals surface area contributed by atoms with Crippen molar-refractivity contribution in [1.82, 2.24) is 9.88 Å². The summed E-state index contributed by atoms with van der Waals surface area (Å²) in [4.78, 5) is 29.3. The SMILES string of the molecule is COC(=O)CCN(Cc1ccccn1)C(=O)c1ccco1. The second kappa shape index (κ2) is 7.23. The van der Waals surface area contributed by atoms with E-state index in [0.29, 0.717) is 6.54 Å². The number of carbonyl (C=O) groups excluding carboxylic acids is 2. The highest BCUT2D eigenvalue weighted by molar-refractivity contribution is 5.91. The third-order valence-corrected chi connectivity index (χ3v) is 2.91. The molecule has 0 saturated carbocycles. The Bertz CT molecular complexity index is 581. The number of amides is 1. The summed E-state index contributed by atoms with van der Waals surface area (Å²) in [7, 11) is 1.32. The Morgan fingerprint density at radius 2 is 2.14 bits per heavy atom. The summed E-state index contributed by atoms with van der Waals surface area (Å²) in [6, 6.07) is 8.70. The van der Waals surface area contributed by atoms with Gasteiger partial charge in [0.2, 0.25) is 0 Å². The number of methoxy groups -OCH3 is 1. The van der Waals surface area contributed by atoms with E-state index in [4.69, 9.17) is 4.42 Å². The summed E-state index contributed by atoms with van der Waals surface area (Å²) in [6.45, 7) is 0.542. The van der Waals surface area contributed by atoms with E-state index in [9.17, 15) is 9.59 Å². The molecule has 2 rings (SSSR count). The van der Waals surface area contributed by atoms with Gasteiger partial charge in [-0.1, -0.05) is 6.07 Å². The topological polar surface area (TPSA) is 72.6 Å². The lowest BCUT2D eigenvalue weighted by molar-refractivity contribution is -0.140. The van der Waals surface area contributed by atoms with Crippen molar-refractivity contribution in [2.75, 3.05) is 13.7 Å². The molecule has 0 aliphatic heterocycles. The number of carbonyl (C=O) groups is 2. The van der Waals surface area contributed by atoms with Gasteiger partial charge in [-0.25, -0.2) is 0 Å². The van der Waals surface area contributed by atoms with Gasteiger partial charge in [0.1, 0.15) is 0 Å². The molecule has 6 nitrogen and oxygen atoms in total. The van der Waals surface area contributed by atoms with Gasteiger partial charge >= 0.3 is 5.97 Å². The first-order valence-electron chi connectivity index (χ1n) is 6.50. The van der Waals surface area contributed by atoms with Crippen LogP contribution in [0.5, 0.6) is 0 Å². The Hall–Kier alpha value is -2.63. The highest BCUT2D eigenvalue weighted by Gasteiger charge is 2.20. The Kier molecular flexibility index (Phi) is 5.09. The summed E-state index contributed by atoms with van der Waals surface area (Å²) in [5.74, 6) is -0.418. The molecule has 110 valence electrons. The van der Waals surface area contributed by atoms with E-state index < -0.39 is 0 Å². The molecule has 0 radical (unpaired) electrons. The molecule has 0 aromatic carbocycles. The highest BCUT2D eigenvalue weighted by atomic mass is 16.5. The van der Waals surface area contributed by atoms with Crippen LogP contribution >= 0.6 is 0 Å². The Morgan fingerprint density at radius 3 is 2.76 bits per heavy atom. The Balaban J connectivity index is 2.10. The van der Waals surface area contributed by atoms with Gasteiger partial charge in [-0.15, -0.1) is 0 Å². The third kappa shape index (κ3) is 4.17. The smallest absolute Gasteiger partial charge is 0.307 e. The maximum Gasteiger partial charge on any atom is 0.307 e. The summed E-state index contributed by atoms with van der Waals surface area (Å²) >= 11 is 0. The van der Waals surface area contributed by atoms with Crippen LogP contribution in [-0.2, 0) is 16.1 Å². The number of nitrogens with zero attached hydrogens (tertiary/aromatic N) is 2. The van der Waals surface area contributed by atoms with Crippen molar-refractivity contribution >= 4 is 11.9 Å². The van der Waals surface area contributed by atoms with Crippen LogP contribution in [0.25, 0.3) is 0 Å². The van der Waals surface area contributed by atoms with Crippen LogP contribution < -0.4 is 0 Å². The van der Waals surface area contributed by atoms with E-state index in [2.05, 4.69) is 9.72 Å². The van der Waals surface area contributed by atoms with E-state index in [1.54, 1.807) is 24.4 Å². The van der Waals surface area contributed by atoms with E-state index >= 15 is 0 Å². The van der Waals surface area contributed by atoms with Gasteiger partial charge in [0, 0.05) is 12.7 Å². The molecular formula is C15H16N2O4. The van der Waals surface area contributed by atoms with Crippen LogP contribution in [0, 0.1) is 0 Å². The number of hydrogen-bond donors (Lipinski definition) is 0. The fourth-order valence-corrected chi connectivity index (χ4v) is 1.82. The van der Waals surface area contributed by atoms with Crippen LogP contribution in [0.4, 0.5) is 0 Å². The first kappa shape index (κ1) is 14.8. The highest BCUT2D eigenvalue weighted by Crippen LogP contribution is 2.10. The minimum Gasteiger partial charge on any atom is -0.469 e. The maximum absolute atomic E-state index is 12.4. The third-order valence-electron chi connectivity index (χ3n) is 2.91. The zero-order valence-electron chi connectivity index (χ0n) is 11.7. The fourth-order valence-electron chi connectivity index (χ4n) is 1.82. The van der Waals surface area contributed by atoms with Crippen molar-refractivity contribution in [3.05, 3.63) is 54.2 Å². The van der Waals surface area contributed by atoms with Gasteiger partial charge in [-0.2, -0.15) is 0 Å². The van der Waals surface area contributed by atoms with Crippen LogP contribution in [0.1, 0.15) is 22.7 Å². The van der Waals surface area contributed by atoms with Crippen molar-refractivity contribution in [2.45, 2.75) is 13.0 Å². The molecule has 1 amide bonds. The van der Waals surface area contributed by atoms with E-state index in [-0.39, 0.29) is 30.6 Å². The second-order valence-electron chi connectivity index (χ2n) is 4.35. The number of esters is 1. The number of rotatable bonds is 6. The molecule has 0 N–H and O–H groups in total. The predicted molar refractivity (Wildman–Crippen MR) is 74.3 cm³/mol. The normalized spacial score (nSPS) is 10.1. The zero-order valence-corrected chi connectivity index (χ0v) is 11.7. The largest absolute Gasteiger partial charge is 0.469 e. The molecular weight excluding hydrogens is 272 g/mol. The van der Waals surface area contributed by atoms with Crippen molar-refractivity contribution in [3.8, 4) is 0 Å². The van der Waals surface area contributed by atoms with Gasteiger partial charge in [0.25, 0.3) is 5.91 Å². The molecule has 2 aromatic heterocycles. The van der Waals surface area contributed by atoms with Gasteiger partial charge < -0.3 is 14.1 Å². The molecule has 21 heavy (non-hydrogen) atoms. The summed E-state index contributed by atoms with van der Waals surface area (Å²) in [6.07, 6.45) is 3.22. The average molecular weight is 288 g/mol. The van der Waals surface area contributed by atoms with Crippen molar-refractivity contribution in [2.24, 2.45) is 0 Å². The van der Waals surface area contributed by atoms with Crippen molar-refractivity contribution in [3.63, 3.8) is 0 Å². The first-order valence-corrected chi connectivity index (χ1v) is 6.50. The van der Waals surface area contributed by atoms with E-state index in [1.807, 2.05) is 12.1 Å². The molecule has 0 unspecified atom stereocenters. The standard InChI is InChI=1S/C15H16N2O4/c1-20-14(18)7-9-17(11-12-5-2-3-8-16-12)15(19)13-6-4-10-21-13/h2-6,8,10H,7,9,11H2,1H3. The monoisotopic (exact) mass is 288 g/mol. The minimum atomic E-state index is -0.367. The van der Waals surface area contributed by atoms with Crippen LogP contribution in [-0.4, -0.2) is 35.4 Å². The van der Waals surface area contributed by atoms with Crippen molar-refractivity contribution in [1.29, 1.82) is 0 Å². The maximum atomic E-state index is 12.4. The molecule has 0 fully saturated rings. The molecule has 0 aliphatic carbocycles. The first-order chi connectivity index (χ1) is 10.2. The molecule has 2 heterocycles. The van der Waals surface area contributed by atoms with Gasteiger partial charge in [-0.05, 0) is 24.3 Å². The Morgan fingerprint density at radius 1 is 1.29 bits per heavy atom. The lowest BCUT2D eigenvalue weighted by Crippen LogP contribution is -2.32. The molecule has 0 atom stereocenters. The van der Waals surface area contributed by atoms with E-state index in [1.165, 1.54) is 18.3 Å². The van der Waals surface area contributed by atoms with Gasteiger partial charge in [0.05, 0.1) is 32.0 Å². The van der Waals surface area contributed by atoms with Crippen LogP contribution in [0.3, 0.4) is 0 Å².